The van der Waals surface area contributed by atoms with Crippen LogP contribution in [0.25, 0.3) is 0 Å². The molecule has 0 radical (unpaired) electrons. The molecule has 0 aromatic heterocycles. The third-order valence-corrected chi connectivity index (χ3v) is 4.54. The summed E-state index contributed by atoms with van der Waals surface area (Å²) in [6.07, 6.45) is 7.64. The van der Waals surface area contributed by atoms with Gasteiger partial charge in [0.25, 0.3) is 0 Å². The highest BCUT2D eigenvalue weighted by atomic mass is 16.3. The van der Waals surface area contributed by atoms with E-state index in [4.69, 9.17) is 0 Å². The Kier molecular flexibility index (Phi) is 4.45. The summed E-state index contributed by atoms with van der Waals surface area (Å²) in [5, 5.41) is 13.2. The average molecular weight is 240 g/mol. The van der Waals surface area contributed by atoms with Crippen LogP contribution in [0, 0.1) is 5.92 Å². The van der Waals surface area contributed by atoms with Crippen LogP contribution in [0.3, 0.4) is 0 Å². The van der Waals surface area contributed by atoms with Crippen LogP contribution in [-0.2, 0) is 0 Å². The number of aliphatic hydroxyl groups excluding tert-OH is 1. The molecular formula is C14H28N2O. The van der Waals surface area contributed by atoms with Gasteiger partial charge in [-0.05, 0) is 58.0 Å². The van der Waals surface area contributed by atoms with Crippen LogP contribution < -0.4 is 5.32 Å². The largest absolute Gasteiger partial charge is 0.394 e. The first kappa shape index (κ1) is 13.3. The zero-order valence-electron chi connectivity index (χ0n) is 11.4. The molecule has 100 valence electrons. The van der Waals surface area contributed by atoms with E-state index >= 15 is 0 Å². The number of likely N-dealkylation sites (N-methyl/N-ethyl adjacent to an activating group) is 1. The smallest absolute Gasteiger partial charge is 0.0613 e. The topological polar surface area (TPSA) is 35.5 Å². The Labute approximate surface area is 106 Å². The van der Waals surface area contributed by atoms with Crippen molar-refractivity contribution in [2.75, 3.05) is 26.7 Å². The molecule has 0 bridgehead atoms. The zero-order chi connectivity index (χ0) is 12.3. The third-order valence-electron chi connectivity index (χ3n) is 4.54. The lowest BCUT2D eigenvalue weighted by Crippen LogP contribution is -2.55. The fraction of sp³-hybridized carbons (Fsp3) is 1.00. The molecule has 2 rings (SSSR count). The fourth-order valence-corrected chi connectivity index (χ4v) is 3.30. The summed E-state index contributed by atoms with van der Waals surface area (Å²) in [6.45, 7) is 4.64. The molecule has 17 heavy (non-hydrogen) atoms. The van der Waals surface area contributed by atoms with E-state index in [0.717, 1.165) is 25.3 Å². The Morgan fingerprint density at radius 2 is 2.12 bits per heavy atom. The molecule has 2 fully saturated rings. The van der Waals surface area contributed by atoms with Crippen LogP contribution in [0.5, 0.6) is 0 Å². The molecular weight excluding hydrogens is 212 g/mol. The Balaban J connectivity index is 1.89. The van der Waals surface area contributed by atoms with Gasteiger partial charge in [-0.3, -0.25) is 0 Å². The van der Waals surface area contributed by atoms with Gasteiger partial charge in [-0.25, -0.2) is 0 Å². The summed E-state index contributed by atoms with van der Waals surface area (Å²) in [4.78, 5) is 2.54. The maximum atomic E-state index is 9.69. The molecule has 0 aromatic rings. The predicted octanol–water partition coefficient (Wildman–Crippen LogP) is 1.61. The van der Waals surface area contributed by atoms with Crippen molar-refractivity contribution in [1.82, 2.24) is 10.2 Å². The van der Waals surface area contributed by atoms with Gasteiger partial charge in [0, 0.05) is 18.1 Å². The molecule has 2 atom stereocenters. The van der Waals surface area contributed by atoms with Crippen molar-refractivity contribution < 1.29 is 5.11 Å². The van der Waals surface area contributed by atoms with E-state index in [1.807, 2.05) is 0 Å². The molecule has 0 aromatic carbocycles. The van der Waals surface area contributed by atoms with Gasteiger partial charge < -0.3 is 15.3 Å². The molecule has 3 nitrogen and oxygen atoms in total. The summed E-state index contributed by atoms with van der Waals surface area (Å²) >= 11 is 0. The highest BCUT2D eigenvalue weighted by Crippen LogP contribution is 2.34. The fourth-order valence-electron chi connectivity index (χ4n) is 3.30. The van der Waals surface area contributed by atoms with Gasteiger partial charge in [0.05, 0.1) is 6.61 Å². The van der Waals surface area contributed by atoms with Gasteiger partial charge in [-0.15, -0.1) is 0 Å². The average Bonchev–Trinajstić information content (AvgIpc) is 3.13. The Morgan fingerprint density at radius 3 is 2.71 bits per heavy atom. The number of nitrogens with one attached hydrogen (secondary N) is 1. The molecule has 2 aliphatic carbocycles. The van der Waals surface area contributed by atoms with Crippen molar-refractivity contribution in [3.63, 3.8) is 0 Å². The molecule has 0 aliphatic heterocycles. The molecule has 2 aliphatic rings. The Hall–Kier alpha value is -0.120. The number of nitrogens with zero attached hydrogens (tertiary/aromatic N) is 1. The number of hydrogen-bond donors (Lipinski definition) is 2. The molecule has 0 spiro atoms. The summed E-state index contributed by atoms with van der Waals surface area (Å²) in [7, 11) is 2.27. The van der Waals surface area contributed by atoms with Crippen molar-refractivity contribution in [3.05, 3.63) is 0 Å². The lowest BCUT2D eigenvalue weighted by molar-refractivity contribution is 0.0691. The molecule has 0 saturated heterocycles. The van der Waals surface area contributed by atoms with Crippen LogP contribution in [0.2, 0.25) is 0 Å². The third kappa shape index (κ3) is 3.43. The molecule has 2 saturated carbocycles. The lowest BCUT2D eigenvalue weighted by Gasteiger charge is -2.43. The van der Waals surface area contributed by atoms with Crippen molar-refractivity contribution in [2.24, 2.45) is 5.92 Å². The van der Waals surface area contributed by atoms with Gasteiger partial charge in [-0.1, -0.05) is 6.92 Å². The minimum absolute atomic E-state index is 0.00449. The molecule has 0 heterocycles. The second-order valence-electron chi connectivity index (χ2n) is 6.10. The van der Waals surface area contributed by atoms with Crippen LogP contribution in [0.1, 0.15) is 45.4 Å². The van der Waals surface area contributed by atoms with Crippen LogP contribution >= 0.6 is 0 Å². The highest BCUT2D eigenvalue weighted by molar-refractivity contribution is 4.96. The number of rotatable bonds is 6. The van der Waals surface area contributed by atoms with Crippen molar-refractivity contribution in [3.8, 4) is 0 Å². The monoisotopic (exact) mass is 240 g/mol. The second-order valence-corrected chi connectivity index (χ2v) is 6.10. The van der Waals surface area contributed by atoms with E-state index in [0.29, 0.717) is 6.04 Å². The summed E-state index contributed by atoms with van der Waals surface area (Å²) in [6, 6.07) is 0.663. The van der Waals surface area contributed by atoms with Gasteiger partial charge in [0.15, 0.2) is 0 Å². The van der Waals surface area contributed by atoms with Crippen molar-refractivity contribution in [2.45, 2.75) is 57.0 Å². The first-order chi connectivity index (χ1) is 8.19. The minimum Gasteiger partial charge on any atom is -0.394 e. The van der Waals surface area contributed by atoms with E-state index in [9.17, 15) is 5.11 Å². The van der Waals surface area contributed by atoms with Gasteiger partial charge in [0.2, 0.25) is 0 Å². The van der Waals surface area contributed by atoms with Gasteiger partial charge in [0.1, 0.15) is 0 Å². The molecule has 3 heteroatoms. The summed E-state index contributed by atoms with van der Waals surface area (Å²) in [5.41, 5.74) is -0.00449. The molecule has 0 amide bonds. The van der Waals surface area contributed by atoms with Crippen LogP contribution in [0.4, 0.5) is 0 Å². The first-order valence-electron chi connectivity index (χ1n) is 7.25. The number of aliphatic hydroxyl groups is 1. The van der Waals surface area contributed by atoms with E-state index < -0.39 is 0 Å². The van der Waals surface area contributed by atoms with Crippen LogP contribution in [-0.4, -0.2) is 48.3 Å². The van der Waals surface area contributed by atoms with E-state index in [2.05, 4.69) is 24.2 Å². The molecule has 2 N–H and O–H groups in total. The van der Waals surface area contributed by atoms with E-state index in [1.165, 1.54) is 32.2 Å². The maximum absolute atomic E-state index is 9.69. The highest BCUT2D eigenvalue weighted by Gasteiger charge is 2.37. The lowest BCUT2D eigenvalue weighted by atomic mass is 9.79. The normalized spacial score (nSPS) is 34.2. The second kappa shape index (κ2) is 5.68. The van der Waals surface area contributed by atoms with E-state index in [-0.39, 0.29) is 12.1 Å². The standard InChI is InChI=1S/C14H28N2O/c1-3-15-14(11-17)8-4-5-13(9-14)16(2)10-12-6-7-12/h12-13,15,17H,3-11H2,1-2H3. The SMILES string of the molecule is CCNC1(CO)CCCC(N(C)CC2CC2)C1. The quantitative estimate of drug-likeness (QED) is 0.740. The van der Waals surface area contributed by atoms with E-state index in [1.54, 1.807) is 0 Å². The zero-order valence-corrected chi connectivity index (χ0v) is 11.4. The Morgan fingerprint density at radius 1 is 1.35 bits per heavy atom. The van der Waals surface area contributed by atoms with Gasteiger partial charge >= 0.3 is 0 Å². The minimum atomic E-state index is -0.00449. The van der Waals surface area contributed by atoms with Gasteiger partial charge in [-0.2, -0.15) is 0 Å². The molecule has 2 unspecified atom stereocenters. The summed E-state index contributed by atoms with van der Waals surface area (Å²) < 4.78 is 0. The van der Waals surface area contributed by atoms with Crippen molar-refractivity contribution >= 4 is 0 Å². The summed E-state index contributed by atoms with van der Waals surface area (Å²) in [5.74, 6) is 0.963. The van der Waals surface area contributed by atoms with Crippen LogP contribution in [0.15, 0.2) is 0 Å². The predicted molar refractivity (Wildman–Crippen MR) is 71.1 cm³/mol. The maximum Gasteiger partial charge on any atom is 0.0613 e. The first-order valence-corrected chi connectivity index (χ1v) is 7.25. The Bertz CT molecular complexity index is 238. The van der Waals surface area contributed by atoms with Crippen molar-refractivity contribution in [1.29, 1.82) is 0 Å². The number of hydrogen-bond acceptors (Lipinski definition) is 3.